The van der Waals surface area contributed by atoms with Crippen molar-refractivity contribution in [2.45, 2.75) is 57.8 Å². The van der Waals surface area contributed by atoms with E-state index in [1.807, 2.05) is 19.1 Å². The minimum Gasteiger partial charge on any atom is -0.408 e. The van der Waals surface area contributed by atoms with Crippen LogP contribution in [0, 0.1) is 5.92 Å². The second-order valence-electron chi connectivity index (χ2n) is 5.58. The van der Waals surface area contributed by atoms with Gasteiger partial charge in [0.15, 0.2) is 5.58 Å². The highest BCUT2D eigenvalue weighted by atomic mass is 79.9. The van der Waals surface area contributed by atoms with Gasteiger partial charge in [0.1, 0.15) is 0 Å². The molecule has 116 valence electrons. The molecule has 21 heavy (non-hydrogen) atoms. The maximum absolute atomic E-state index is 11.8. The molecule has 0 aliphatic carbocycles. The summed E-state index contributed by atoms with van der Waals surface area (Å²) in [4.78, 5) is 12.1. The first kappa shape index (κ1) is 16.3. The van der Waals surface area contributed by atoms with Crippen LogP contribution in [-0.4, -0.2) is 4.57 Å². The van der Waals surface area contributed by atoms with Gasteiger partial charge >= 0.3 is 5.76 Å². The Hall–Kier alpha value is -1.03. The van der Waals surface area contributed by atoms with Gasteiger partial charge in [-0.2, -0.15) is 0 Å². The molecule has 1 atom stereocenters. The van der Waals surface area contributed by atoms with Gasteiger partial charge in [-0.25, -0.2) is 4.79 Å². The largest absolute Gasteiger partial charge is 0.419 e. The average Bonchev–Trinajstić information content (AvgIpc) is 2.80. The molecule has 2 rings (SSSR count). The van der Waals surface area contributed by atoms with E-state index < -0.39 is 0 Å². The normalized spacial score (nSPS) is 13.2. The Morgan fingerprint density at radius 1 is 1.19 bits per heavy atom. The van der Waals surface area contributed by atoms with Crippen LogP contribution in [0.3, 0.4) is 0 Å². The molecule has 1 aromatic carbocycles. The summed E-state index contributed by atoms with van der Waals surface area (Å²) in [7, 11) is 0. The lowest BCUT2D eigenvalue weighted by Crippen LogP contribution is -2.12. The minimum atomic E-state index is -0.269. The Balaban J connectivity index is 2.35. The van der Waals surface area contributed by atoms with Crippen LogP contribution in [0.25, 0.3) is 11.1 Å². The molecule has 3 nitrogen and oxygen atoms in total. The van der Waals surface area contributed by atoms with Crippen molar-refractivity contribution in [3.63, 3.8) is 0 Å². The minimum absolute atomic E-state index is 0.269. The fourth-order valence-corrected chi connectivity index (χ4v) is 3.82. The van der Waals surface area contributed by atoms with E-state index in [2.05, 4.69) is 35.8 Å². The van der Waals surface area contributed by atoms with Gasteiger partial charge in [0.25, 0.3) is 0 Å². The van der Waals surface area contributed by atoms with Crippen LogP contribution in [0.2, 0.25) is 0 Å². The molecule has 1 aromatic heterocycles. The topological polar surface area (TPSA) is 35.1 Å². The first-order valence-corrected chi connectivity index (χ1v) is 8.81. The number of fused-ring (bicyclic) bond motifs is 1. The molecule has 0 fully saturated rings. The van der Waals surface area contributed by atoms with E-state index in [1.165, 1.54) is 31.2 Å². The van der Waals surface area contributed by atoms with Crippen LogP contribution in [0.5, 0.6) is 0 Å². The fourth-order valence-electron chi connectivity index (χ4n) is 3.00. The maximum Gasteiger partial charge on any atom is 0.419 e. The molecule has 0 saturated carbocycles. The number of alkyl halides is 1. The molecule has 0 bridgehead atoms. The van der Waals surface area contributed by atoms with E-state index in [4.69, 9.17) is 4.42 Å². The summed E-state index contributed by atoms with van der Waals surface area (Å²) in [6, 6.07) is 6.13. The standard InChI is InChI=1S/C17H24BrNO2/c1-4-7-12(8-5-2)16(18)13-9-10-14-15(11-13)21-17(20)19(14)6-3/h9-12,16H,4-8H2,1-3H3. The van der Waals surface area contributed by atoms with E-state index in [0.29, 0.717) is 22.9 Å². The van der Waals surface area contributed by atoms with Gasteiger partial charge in [-0.3, -0.25) is 4.57 Å². The molecular formula is C17H24BrNO2. The van der Waals surface area contributed by atoms with E-state index in [0.717, 1.165) is 5.52 Å². The van der Waals surface area contributed by atoms with Crippen molar-refractivity contribution in [1.82, 2.24) is 4.57 Å². The highest BCUT2D eigenvalue weighted by Crippen LogP contribution is 2.37. The van der Waals surface area contributed by atoms with Crippen molar-refractivity contribution in [2.24, 2.45) is 5.92 Å². The van der Waals surface area contributed by atoms with E-state index in [9.17, 15) is 4.79 Å². The van der Waals surface area contributed by atoms with Gasteiger partial charge in [0.2, 0.25) is 0 Å². The molecule has 0 aliphatic rings. The summed E-state index contributed by atoms with van der Waals surface area (Å²) in [6.07, 6.45) is 4.80. The molecule has 0 N–H and O–H groups in total. The van der Waals surface area contributed by atoms with Gasteiger partial charge < -0.3 is 4.42 Å². The highest BCUT2D eigenvalue weighted by Gasteiger charge is 2.20. The van der Waals surface area contributed by atoms with E-state index in [-0.39, 0.29) is 5.76 Å². The van der Waals surface area contributed by atoms with Crippen molar-refractivity contribution in [1.29, 1.82) is 0 Å². The Morgan fingerprint density at radius 3 is 2.43 bits per heavy atom. The highest BCUT2D eigenvalue weighted by molar-refractivity contribution is 9.09. The SMILES string of the molecule is CCCC(CCC)C(Br)c1ccc2c(c1)oc(=O)n2CC. The first-order valence-electron chi connectivity index (χ1n) is 7.89. The Morgan fingerprint density at radius 2 is 1.86 bits per heavy atom. The van der Waals surface area contributed by atoms with E-state index in [1.54, 1.807) is 4.57 Å². The third-order valence-corrected chi connectivity index (χ3v) is 5.34. The Kier molecular flexibility index (Phi) is 5.68. The number of aryl methyl sites for hydroxylation is 1. The number of halogens is 1. The number of aromatic nitrogens is 1. The smallest absolute Gasteiger partial charge is 0.408 e. The third kappa shape index (κ3) is 3.42. The second-order valence-corrected chi connectivity index (χ2v) is 6.57. The predicted octanol–water partition coefficient (Wildman–Crippen LogP) is 5.27. The maximum atomic E-state index is 11.8. The number of nitrogens with zero attached hydrogens (tertiary/aromatic N) is 1. The summed E-state index contributed by atoms with van der Waals surface area (Å²) in [6.45, 7) is 7.05. The van der Waals surface area contributed by atoms with E-state index >= 15 is 0 Å². The quantitative estimate of drug-likeness (QED) is 0.635. The summed E-state index contributed by atoms with van der Waals surface area (Å²) in [5, 5.41) is 0. The van der Waals surface area contributed by atoms with Gasteiger partial charge in [0, 0.05) is 11.4 Å². The average molecular weight is 354 g/mol. The number of benzene rings is 1. The molecule has 1 unspecified atom stereocenters. The Bertz CT molecular complexity index is 638. The summed E-state index contributed by atoms with van der Waals surface area (Å²) in [5.74, 6) is 0.354. The third-order valence-electron chi connectivity index (χ3n) is 4.06. The van der Waals surface area contributed by atoms with Crippen molar-refractivity contribution < 1.29 is 4.42 Å². The van der Waals surface area contributed by atoms with Crippen molar-refractivity contribution in [3.05, 3.63) is 34.3 Å². The molecule has 0 amide bonds. The zero-order valence-electron chi connectivity index (χ0n) is 13.1. The number of oxazole rings is 1. The lowest BCUT2D eigenvalue weighted by molar-refractivity contribution is 0.435. The first-order chi connectivity index (χ1) is 10.1. The van der Waals surface area contributed by atoms with Crippen molar-refractivity contribution >= 4 is 27.0 Å². The fraction of sp³-hybridized carbons (Fsp3) is 0.588. The monoisotopic (exact) mass is 353 g/mol. The number of hydrogen-bond acceptors (Lipinski definition) is 2. The lowest BCUT2D eigenvalue weighted by atomic mass is 9.91. The molecule has 0 spiro atoms. The van der Waals surface area contributed by atoms with Gasteiger partial charge in [-0.05, 0) is 43.4 Å². The lowest BCUT2D eigenvalue weighted by Gasteiger charge is -2.22. The molecular weight excluding hydrogens is 330 g/mol. The number of rotatable bonds is 7. The van der Waals surface area contributed by atoms with Crippen LogP contribution < -0.4 is 5.76 Å². The summed E-state index contributed by atoms with van der Waals surface area (Å²) < 4.78 is 7.03. The molecule has 0 aliphatic heterocycles. The van der Waals surface area contributed by atoms with Gasteiger partial charge in [-0.15, -0.1) is 0 Å². The number of hydrogen-bond donors (Lipinski definition) is 0. The molecule has 0 radical (unpaired) electrons. The zero-order chi connectivity index (χ0) is 15.4. The summed E-state index contributed by atoms with van der Waals surface area (Å²) in [5.41, 5.74) is 2.77. The molecule has 0 saturated heterocycles. The van der Waals surface area contributed by atoms with Crippen LogP contribution in [0.15, 0.2) is 27.4 Å². The second kappa shape index (κ2) is 7.30. The molecule has 1 heterocycles. The molecule has 4 heteroatoms. The van der Waals surface area contributed by atoms with Gasteiger partial charge in [0.05, 0.1) is 5.52 Å². The van der Waals surface area contributed by atoms with Crippen LogP contribution >= 0.6 is 15.9 Å². The van der Waals surface area contributed by atoms with Crippen LogP contribution in [-0.2, 0) is 6.54 Å². The predicted molar refractivity (Wildman–Crippen MR) is 91.1 cm³/mol. The Labute approximate surface area is 134 Å². The summed E-state index contributed by atoms with van der Waals surface area (Å²) >= 11 is 3.86. The van der Waals surface area contributed by atoms with Crippen molar-refractivity contribution in [2.75, 3.05) is 0 Å². The van der Waals surface area contributed by atoms with Gasteiger partial charge in [-0.1, -0.05) is 48.7 Å². The molecule has 2 aromatic rings. The zero-order valence-corrected chi connectivity index (χ0v) is 14.6. The van der Waals surface area contributed by atoms with Crippen LogP contribution in [0.4, 0.5) is 0 Å². The van der Waals surface area contributed by atoms with Crippen molar-refractivity contribution in [3.8, 4) is 0 Å². The van der Waals surface area contributed by atoms with Crippen LogP contribution in [0.1, 0.15) is 56.8 Å².